The molecular formula is C22H36FNO4Si. The molecule has 0 unspecified atom stereocenters. The van der Waals surface area contributed by atoms with Gasteiger partial charge in [-0.15, -0.1) is 0 Å². The number of halogens is 1. The zero-order valence-corrected chi connectivity index (χ0v) is 20.0. The Balaban J connectivity index is 2.60. The quantitative estimate of drug-likeness (QED) is 0.425. The molecule has 0 atom stereocenters. The van der Waals surface area contributed by atoms with Crippen molar-refractivity contribution in [3.8, 4) is 5.75 Å². The number of hydrogen-bond acceptors (Lipinski definition) is 4. The first-order valence-electron chi connectivity index (χ1n) is 9.91. The number of carbonyl (C=O) groups excluding carboxylic acids is 1. The summed E-state index contributed by atoms with van der Waals surface area (Å²) in [6.45, 7) is 17.4. The lowest BCUT2D eigenvalue weighted by Crippen LogP contribution is -2.41. The highest BCUT2D eigenvalue weighted by atomic mass is 28.4. The lowest BCUT2D eigenvalue weighted by molar-refractivity contribution is 0.0534. The third-order valence-corrected chi connectivity index (χ3v) is 9.18. The molecule has 7 heteroatoms. The number of nitrogens with one attached hydrogen (secondary N) is 1. The van der Waals surface area contributed by atoms with E-state index in [1.54, 1.807) is 39.0 Å². The summed E-state index contributed by atoms with van der Waals surface area (Å²) in [5.41, 5.74) is 0.183. The van der Waals surface area contributed by atoms with Gasteiger partial charge in [0.05, 0.1) is 6.61 Å². The van der Waals surface area contributed by atoms with Crippen LogP contribution in [0.1, 0.15) is 47.1 Å². The first-order valence-corrected chi connectivity index (χ1v) is 12.8. The van der Waals surface area contributed by atoms with Gasteiger partial charge in [-0.05, 0) is 51.0 Å². The van der Waals surface area contributed by atoms with Gasteiger partial charge in [0.25, 0.3) is 0 Å². The van der Waals surface area contributed by atoms with Gasteiger partial charge < -0.3 is 19.2 Å². The molecule has 0 fully saturated rings. The molecule has 29 heavy (non-hydrogen) atoms. The lowest BCUT2D eigenvalue weighted by Gasteiger charge is -2.36. The van der Waals surface area contributed by atoms with Crippen LogP contribution in [0.5, 0.6) is 5.75 Å². The van der Waals surface area contributed by atoms with Crippen molar-refractivity contribution in [1.82, 2.24) is 5.32 Å². The standard InChI is InChI=1S/C22H36FNO4Si/c1-21(2,3)28-20(25)24-13-9-10-17-11-12-18(23)16-19(17)26-14-15-27-29(7,8)22(4,5)6/h9-12,16H,13-15H2,1-8H3,(H,24,25). The summed E-state index contributed by atoms with van der Waals surface area (Å²) in [7, 11) is -1.84. The van der Waals surface area contributed by atoms with Crippen molar-refractivity contribution >= 4 is 20.5 Å². The predicted molar refractivity (Wildman–Crippen MR) is 118 cm³/mol. The van der Waals surface area contributed by atoms with Gasteiger partial charge >= 0.3 is 6.09 Å². The smallest absolute Gasteiger partial charge is 0.407 e. The molecule has 1 N–H and O–H groups in total. The minimum absolute atomic E-state index is 0.126. The molecule has 0 heterocycles. The third kappa shape index (κ3) is 9.45. The highest BCUT2D eigenvalue weighted by Gasteiger charge is 2.36. The van der Waals surface area contributed by atoms with Gasteiger partial charge in [-0.25, -0.2) is 9.18 Å². The second-order valence-electron chi connectivity index (χ2n) is 9.42. The molecule has 0 bridgehead atoms. The fourth-order valence-corrected chi connectivity index (χ4v) is 3.10. The van der Waals surface area contributed by atoms with Crippen molar-refractivity contribution in [2.45, 2.75) is 65.3 Å². The van der Waals surface area contributed by atoms with Gasteiger partial charge in [-0.1, -0.05) is 32.9 Å². The molecule has 0 saturated heterocycles. The van der Waals surface area contributed by atoms with Crippen LogP contribution in [0.15, 0.2) is 24.3 Å². The van der Waals surface area contributed by atoms with Gasteiger partial charge in [0, 0.05) is 18.2 Å². The van der Waals surface area contributed by atoms with Crippen molar-refractivity contribution in [3.63, 3.8) is 0 Å². The van der Waals surface area contributed by atoms with E-state index in [1.165, 1.54) is 12.1 Å². The molecule has 1 amide bonds. The summed E-state index contributed by atoms with van der Waals surface area (Å²) >= 11 is 0. The van der Waals surface area contributed by atoms with Crippen LogP contribution in [0.25, 0.3) is 6.08 Å². The molecule has 1 aromatic rings. The molecule has 1 rings (SSSR count). The maximum absolute atomic E-state index is 13.7. The van der Waals surface area contributed by atoms with Crippen molar-refractivity contribution < 1.29 is 23.1 Å². The Labute approximate surface area is 175 Å². The van der Waals surface area contributed by atoms with Gasteiger partial charge in [0.1, 0.15) is 23.8 Å². The first-order chi connectivity index (χ1) is 13.2. The van der Waals surface area contributed by atoms with Crippen LogP contribution in [-0.4, -0.2) is 39.8 Å². The average Bonchev–Trinajstić information content (AvgIpc) is 2.54. The largest absolute Gasteiger partial charge is 0.491 e. The van der Waals surface area contributed by atoms with E-state index in [9.17, 15) is 9.18 Å². The van der Waals surface area contributed by atoms with Gasteiger partial charge in [0.2, 0.25) is 0 Å². The van der Waals surface area contributed by atoms with Crippen LogP contribution in [0.2, 0.25) is 18.1 Å². The molecule has 0 saturated carbocycles. The van der Waals surface area contributed by atoms with E-state index in [2.05, 4.69) is 39.2 Å². The van der Waals surface area contributed by atoms with E-state index in [0.717, 1.165) is 5.56 Å². The summed E-state index contributed by atoms with van der Waals surface area (Å²) < 4.78 is 30.7. The Kier molecular flexibility index (Phi) is 8.90. The van der Waals surface area contributed by atoms with Crippen LogP contribution in [0, 0.1) is 5.82 Å². The molecule has 0 aliphatic heterocycles. The van der Waals surface area contributed by atoms with Crippen molar-refractivity contribution in [3.05, 3.63) is 35.7 Å². The second kappa shape index (κ2) is 10.3. The van der Waals surface area contributed by atoms with Gasteiger partial charge in [-0.2, -0.15) is 0 Å². The van der Waals surface area contributed by atoms with Crippen LogP contribution in [0.4, 0.5) is 9.18 Å². The summed E-state index contributed by atoms with van der Waals surface area (Å²) in [6, 6.07) is 4.37. The van der Waals surface area contributed by atoms with E-state index in [-0.39, 0.29) is 10.9 Å². The van der Waals surface area contributed by atoms with Crippen LogP contribution in [0.3, 0.4) is 0 Å². The highest BCUT2D eigenvalue weighted by Crippen LogP contribution is 2.36. The number of carbonyl (C=O) groups is 1. The molecule has 0 spiro atoms. The number of alkyl carbamates (subject to hydrolysis) is 1. The Morgan fingerprint density at radius 3 is 2.38 bits per heavy atom. The molecule has 1 aromatic carbocycles. The zero-order chi connectivity index (χ0) is 22.3. The van der Waals surface area contributed by atoms with E-state index < -0.39 is 20.0 Å². The Morgan fingerprint density at radius 1 is 1.14 bits per heavy atom. The monoisotopic (exact) mass is 425 g/mol. The maximum atomic E-state index is 13.7. The summed E-state index contributed by atoms with van der Waals surface area (Å²) in [5.74, 6) is 0.0756. The fraction of sp³-hybridized carbons (Fsp3) is 0.591. The first kappa shape index (κ1) is 25.2. The Bertz CT molecular complexity index is 706. The topological polar surface area (TPSA) is 56.8 Å². The highest BCUT2D eigenvalue weighted by molar-refractivity contribution is 6.74. The van der Waals surface area contributed by atoms with E-state index >= 15 is 0 Å². The summed E-state index contributed by atoms with van der Waals surface area (Å²) in [4.78, 5) is 11.7. The number of rotatable bonds is 8. The van der Waals surface area contributed by atoms with Gasteiger partial charge in [-0.3, -0.25) is 0 Å². The maximum Gasteiger partial charge on any atom is 0.407 e. The number of hydrogen-bond donors (Lipinski definition) is 1. The molecule has 5 nitrogen and oxygen atoms in total. The molecule has 0 aliphatic carbocycles. The molecule has 164 valence electrons. The van der Waals surface area contributed by atoms with E-state index in [0.29, 0.717) is 25.5 Å². The number of ether oxygens (including phenoxy) is 2. The fourth-order valence-electron chi connectivity index (χ4n) is 2.08. The van der Waals surface area contributed by atoms with Crippen molar-refractivity contribution in [2.75, 3.05) is 19.8 Å². The lowest BCUT2D eigenvalue weighted by atomic mass is 10.2. The number of amides is 1. The van der Waals surface area contributed by atoms with Gasteiger partial charge in [0.15, 0.2) is 8.32 Å². The third-order valence-electron chi connectivity index (χ3n) is 4.65. The zero-order valence-electron chi connectivity index (χ0n) is 19.0. The molecular weight excluding hydrogens is 389 g/mol. The summed E-state index contributed by atoms with van der Waals surface area (Å²) in [6.07, 6.45) is 3.05. The summed E-state index contributed by atoms with van der Waals surface area (Å²) in [5, 5.41) is 2.77. The predicted octanol–water partition coefficient (Wildman–Crippen LogP) is 5.76. The number of benzene rings is 1. The van der Waals surface area contributed by atoms with Crippen molar-refractivity contribution in [2.24, 2.45) is 0 Å². The molecule has 0 aromatic heterocycles. The molecule has 0 radical (unpaired) electrons. The normalized spacial score (nSPS) is 12.9. The minimum Gasteiger partial charge on any atom is -0.491 e. The molecule has 0 aliphatic rings. The van der Waals surface area contributed by atoms with Crippen LogP contribution in [-0.2, 0) is 9.16 Å². The SMILES string of the molecule is CC(C)(C)OC(=O)NCC=Cc1ccc(F)cc1OCCO[Si](C)(C)C(C)(C)C. The van der Waals surface area contributed by atoms with Crippen LogP contribution >= 0.6 is 0 Å². The van der Waals surface area contributed by atoms with Crippen LogP contribution < -0.4 is 10.1 Å². The Hall–Kier alpha value is -1.86. The second-order valence-corrected chi connectivity index (χ2v) is 14.2. The van der Waals surface area contributed by atoms with E-state index in [1.807, 2.05) is 0 Å². The van der Waals surface area contributed by atoms with E-state index in [4.69, 9.17) is 13.9 Å². The Morgan fingerprint density at radius 2 is 1.79 bits per heavy atom. The minimum atomic E-state index is -1.84. The average molecular weight is 426 g/mol. The van der Waals surface area contributed by atoms with Crippen molar-refractivity contribution in [1.29, 1.82) is 0 Å².